The van der Waals surface area contributed by atoms with Crippen LogP contribution in [0.3, 0.4) is 0 Å². The van der Waals surface area contributed by atoms with Crippen molar-refractivity contribution in [1.82, 2.24) is 5.32 Å². The lowest BCUT2D eigenvalue weighted by molar-refractivity contribution is 0.0955. The predicted octanol–water partition coefficient (Wildman–Crippen LogP) is 3.49. The van der Waals surface area contributed by atoms with Gasteiger partial charge in [0.15, 0.2) is 0 Å². The molecule has 22 heavy (non-hydrogen) atoms. The number of hydrogen-bond acceptors (Lipinski definition) is 4. The van der Waals surface area contributed by atoms with Gasteiger partial charge < -0.3 is 10.1 Å². The summed E-state index contributed by atoms with van der Waals surface area (Å²) >= 11 is 1.46. The maximum Gasteiger partial charge on any atom is 0.411 e. The van der Waals surface area contributed by atoms with E-state index in [-0.39, 0.29) is 5.91 Å². The van der Waals surface area contributed by atoms with Crippen LogP contribution in [0.15, 0.2) is 36.4 Å². The van der Waals surface area contributed by atoms with Crippen molar-refractivity contribution in [3.63, 3.8) is 0 Å². The smallest absolute Gasteiger partial charge is 0.411 e. The Morgan fingerprint density at radius 1 is 1.14 bits per heavy atom. The molecule has 1 aliphatic carbocycles. The van der Waals surface area contributed by atoms with Crippen molar-refractivity contribution in [2.45, 2.75) is 18.9 Å². The zero-order valence-electron chi connectivity index (χ0n) is 12.1. The lowest BCUT2D eigenvalue weighted by Crippen LogP contribution is -2.24. The number of hydrogen-bond donors (Lipinski definition) is 2. The minimum Gasteiger partial charge on any atom is -0.453 e. The molecule has 1 fully saturated rings. The number of methoxy groups -OCH3 is 1. The van der Waals surface area contributed by atoms with Crippen LogP contribution in [-0.2, 0) is 4.74 Å². The van der Waals surface area contributed by atoms with Crippen LogP contribution in [0.4, 0.5) is 10.5 Å². The molecule has 6 heteroatoms. The molecule has 1 heterocycles. The van der Waals surface area contributed by atoms with Crippen molar-refractivity contribution < 1.29 is 14.3 Å². The van der Waals surface area contributed by atoms with Gasteiger partial charge in [0.05, 0.1) is 12.0 Å². The third-order valence-corrected chi connectivity index (χ3v) is 4.48. The molecule has 3 rings (SSSR count). The van der Waals surface area contributed by atoms with Crippen LogP contribution in [0, 0.1) is 0 Å². The molecule has 0 unspecified atom stereocenters. The zero-order chi connectivity index (χ0) is 15.5. The Kier molecular flexibility index (Phi) is 4.11. The third kappa shape index (κ3) is 3.46. The van der Waals surface area contributed by atoms with Crippen molar-refractivity contribution in [2.24, 2.45) is 0 Å². The second kappa shape index (κ2) is 6.19. The van der Waals surface area contributed by atoms with Crippen molar-refractivity contribution >= 4 is 29.0 Å². The fraction of sp³-hybridized carbons (Fsp3) is 0.250. The van der Waals surface area contributed by atoms with Gasteiger partial charge in [-0.3, -0.25) is 10.1 Å². The molecule has 0 spiro atoms. The summed E-state index contributed by atoms with van der Waals surface area (Å²) in [5.41, 5.74) is 1.67. The van der Waals surface area contributed by atoms with Crippen molar-refractivity contribution in [3.8, 4) is 10.4 Å². The van der Waals surface area contributed by atoms with Gasteiger partial charge in [-0.05, 0) is 42.7 Å². The Labute approximate surface area is 132 Å². The lowest BCUT2D eigenvalue weighted by atomic mass is 10.2. The van der Waals surface area contributed by atoms with Crippen molar-refractivity contribution in [1.29, 1.82) is 0 Å². The molecule has 1 aromatic carbocycles. The van der Waals surface area contributed by atoms with Crippen LogP contribution in [0.5, 0.6) is 0 Å². The molecular formula is C16H16N2O3S. The number of rotatable bonds is 4. The maximum atomic E-state index is 12.0. The Hall–Kier alpha value is -2.34. The molecule has 0 saturated heterocycles. The van der Waals surface area contributed by atoms with Gasteiger partial charge in [0.25, 0.3) is 5.91 Å². The van der Waals surface area contributed by atoms with Crippen LogP contribution >= 0.6 is 11.3 Å². The lowest BCUT2D eigenvalue weighted by Gasteiger charge is -2.04. The summed E-state index contributed by atoms with van der Waals surface area (Å²) in [5.74, 6) is 0.00253. The molecule has 2 N–H and O–H groups in total. The second-order valence-corrected chi connectivity index (χ2v) is 6.19. The van der Waals surface area contributed by atoms with E-state index >= 15 is 0 Å². The number of thiophene rings is 1. The van der Waals surface area contributed by atoms with E-state index in [2.05, 4.69) is 15.4 Å². The van der Waals surface area contributed by atoms with Crippen molar-refractivity contribution in [2.75, 3.05) is 12.4 Å². The fourth-order valence-electron chi connectivity index (χ4n) is 1.99. The minimum absolute atomic E-state index is 0.00253. The number of benzene rings is 1. The van der Waals surface area contributed by atoms with E-state index in [0.29, 0.717) is 11.7 Å². The molecule has 0 aliphatic heterocycles. The van der Waals surface area contributed by atoms with Crippen LogP contribution in [0.1, 0.15) is 22.5 Å². The Morgan fingerprint density at radius 3 is 2.50 bits per heavy atom. The van der Waals surface area contributed by atoms with E-state index in [4.69, 9.17) is 0 Å². The number of nitrogens with one attached hydrogen (secondary N) is 2. The van der Waals surface area contributed by atoms with Gasteiger partial charge >= 0.3 is 6.09 Å². The van der Waals surface area contributed by atoms with Gasteiger partial charge in [-0.25, -0.2) is 4.79 Å². The summed E-state index contributed by atoms with van der Waals surface area (Å²) in [6.07, 6.45) is 1.67. The largest absolute Gasteiger partial charge is 0.453 e. The van der Waals surface area contributed by atoms with Gasteiger partial charge in [-0.15, -0.1) is 11.3 Å². The van der Waals surface area contributed by atoms with E-state index in [1.807, 2.05) is 24.3 Å². The number of ether oxygens (including phenoxy) is 1. The molecule has 0 radical (unpaired) electrons. The molecule has 1 aliphatic rings. The van der Waals surface area contributed by atoms with E-state index in [9.17, 15) is 9.59 Å². The normalized spacial score (nSPS) is 13.5. The van der Waals surface area contributed by atoms with E-state index in [1.165, 1.54) is 18.4 Å². The zero-order valence-corrected chi connectivity index (χ0v) is 12.9. The number of amides is 2. The Bertz CT molecular complexity index is 690. The van der Waals surface area contributed by atoms with E-state index < -0.39 is 6.09 Å². The molecule has 1 aromatic heterocycles. The van der Waals surface area contributed by atoms with Crippen LogP contribution in [-0.4, -0.2) is 25.2 Å². The summed E-state index contributed by atoms with van der Waals surface area (Å²) in [6.45, 7) is 0. The molecule has 0 atom stereocenters. The molecule has 0 bridgehead atoms. The third-order valence-electron chi connectivity index (χ3n) is 3.34. The van der Waals surface area contributed by atoms with E-state index in [0.717, 1.165) is 28.2 Å². The number of carbonyl (C=O) groups excluding carboxylic acids is 2. The van der Waals surface area contributed by atoms with Crippen LogP contribution in [0.25, 0.3) is 10.4 Å². The molecule has 5 nitrogen and oxygen atoms in total. The quantitative estimate of drug-likeness (QED) is 0.907. The summed E-state index contributed by atoms with van der Waals surface area (Å²) in [5, 5.41) is 5.58. The van der Waals surface area contributed by atoms with Crippen LogP contribution < -0.4 is 10.6 Å². The Balaban J connectivity index is 1.69. The van der Waals surface area contributed by atoms with Gasteiger partial charge in [0, 0.05) is 16.6 Å². The van der Waals surface area contributed by atoms with E-state index in [1.54, 1.807) is 12.1 Å². The molecule has 114 valence electrons. The highest BCUT2D eigenvalue weighted by Gasteiger charge is 2.24. The van der Waals surface area contributed by atoms with Gasteiger partial charge in [-0.2, -0.15) is 0 Å². The van der Waals surface area contributed by atoms with Gasteiger partial charge in [-0.1, -0.05) is 12.1 Å². The predicted molar refractivity (Wildman–Crippen MR) is 86.3 cm³/mol. The topological polar surface area (TPSA) is 67.4 Å². The summed E-state index contributed by atoms with van der Waals surface area (Å²) in [6, 6.07) is 11.6. The molecule has 2 aromatic rings. The maximum absolute atomic E-state index is 12.0. The highest BCUT2D eigenvalue weighted by Crippen LogP contribution is 2.29. The average Bonchev–Trinajstić information content (AvgIpc) is 3.20. The SMILES string of the molecule is COC(=O)Nc1ccc(-c2ccc(C(=O)NC3CC3)s2)cc1. The summed E-state index contributed by atoms with van der Waals surface area (Å²) in [7, 11) is 1.32. The molecule has 2 amide bonds. The minimum atomic E-state index is -0.497. The summed E-state index contributed by atoms with van der Waals surface area (Å²) in [4.78, 5) is 24.9. The monoisotopic (exact) mass is 316 g/mol. The molecule has 1 saturated carbocycles. The number of anilines is 1. The Morgan fingerprint density at radius 2 is 1.86 bits per heavy atom. The summed E-state index contributed by atoms with van der Waals surface area (Å²) < 4.78 is 4.54. The second-order valence-electron chi connectivity index (χ2n) is 5.11. The fourth-order valence-corrected chi connectivity index (χ4v) is 2.90. The van der Waals surface area contributed by atoms with Crippen LogP contribution in [0.2, 0.25) is 0 Å². The van der Waals surface area contributed by atoms with Gasteiger partial charge in [0.2, 0.25) is 0 Å². The first kappa shape index (κ1) is 14.6. The average molecular weight is 316 g/mol. The molecular weight excluding hydrogens is 300 g/mol. The first-order chi connectivity index (χ1) is 10.7. The standard InChI is InChI=1S/C16H16N2O3S/c1-21-16(20)18-12-4-2-10(3-5-12)13-8-9-14(22-13)15(19)17-11-6-7-11/h2-5,8-9,11H,6-7H2,1H3,(H,17,19)(H,18,20). The first-order valence-electron chi connectivity index (χ1n) is 7.02. The van der Waals surface area contributed by atoms with Crippen molar-refractivity contribution in [3.05, 3.63) is 41.3 Å². The first-order valence-corrected chi connectivity index (χ1v) is 7.83. The highest BCUT2D eigenvalue weighted by atomic mass is 32.1. The highest BCUT2D eigenvalue weighted by molar-refractivity contribution is 7.17. The van der Waals surface area contributed by atoms with Gasteiger partial charge in [0.1, 0.15) is 0 Å². The number of carbonyl (C=O) groups is 2.